The molecule has 0 spiro atoms. The minimum atomic E-state index is -0.260. The van der Waals surface area contributed by atoms with Gasteiger partial charge in [-0.2, -0.15) is 0 Å². The van der Waals surface area contributed by atoms with Crippen LogP contribution in [-0.2, 0) is 11.2 Å². The number of nitrogens with zero attached hydrogens (tertiary/aromatic N) is 2. The maximum atomic E-state index is 13.5. The maximum absolute atomic E-state index is 13.5. The Morgan fingerprint density at radius 3 is 2.97 bits per heavy atom. The van der Waals surface area contributed by atoms with Gasteiger partial charge in [-0.25, -0.2) is 14.2 Å². The molecular weight excluding hydrogens is 429 g/mol. The van der Waals surface area contributed by atoms with E-state index in [0.717, 1.165) is 50.0 Å². The van der Waals surface area contributed by atoms with E-state index in [1.165, 1.54) is 23.5 Å². The van der Waals surface area contributed by atoms with Gasteiger partial charge in [-0.1, -0.05) is 25.0 Å². The molecule has 7 nitrogen and oxygen atoms in total. The summed E-state index contributed by atoms with van der Waals surface area (Å²) < 4.78 is 13.5. The summed E-state index contributed by atoms with van der Waals surface area (Å²) in [5.74, 6) is 0.0203. The van der Waals surface area contributed by atoms with E-state index in [0.29, 0.717) is 18.1 Å². The summed E-state index contributed by atoms with van der Waals surface area (Å²) in [6.45, 7) is 3.73. The predicted octanol–water partition coefficient (Wildman–Crippen LogP) is 3.31. The molecule has 2 aromatic rings. The van der Waals surface area contributed by atoms with E-state index < -0.39 is 0 Å². The Kier molecular flexibility index (Phi) is 7.36. The van der Waals surface area contributed by atoms with Crippen LogP contribution in [0.4, 0.5) is 14.3 Å². The van der Waals surface area contributed by atoms with Crippen molar-refractivity contribution in [2.45, 2.75) is 51.1 Å². The molecule has 1 saturated carbocycles. The van der Waals surface area contributed by atoms with E-state index in [-0.39, 0.29) is 35.8 Å². The van der Waals surface area contributed by atoms with Crippen molar-refractivity contribution in [3.63, 3.8) is 0 Å². The Balaban J connectivity index is 1.33. The second kappa shape index (κ2) is 10.4. The van der Waals surface area contributed by atoms with Crippen molar-refractivity contribution in [2.24, 2.45) is 5.92 Å². The average molecular weight is 460 g/mol. The zero-order chi connectivity index (χ0) is 22.5. The Morgan fingerprint density at radius 1 is 1.34 bits per heavy atom. The summed E-state index contributed by atoms with van der Waals surface area (Å²) in [5.41, 5.74) is 1.76. The van der Waals surface area contributed by atoms with Crippen LogP contribution < -0.4 is 16.0 Å². The number of anilines is 1. The van der Waals surface area contributed by atoms with Crippen LogP contribution in [0.2, 0.25) is 0 Å². The Labute approximate surface area is 191 Å². The Morgan fingerprint density at radius 2 is 2.19 bits per heavy atom. The van der Waals surface area contributed by atoms with Crippen LogP contribution in [0.1, 0.15) is 36.9 Å². The number of hydrogen-bond donors (Lipinski definition) is 3. The van der Waals surface area contributed by atoms with Gasteiger partial charge in [0.25, 0.3) is 0 Å². The van der Waals surface area contributed by atoms with E-state index in [2.05, 4.69) is 25.8 Å². The molecule has 3 N–H and O–H groups in total. The zero-order valence-corrected chi connectivity index (χ0v) is 19.1. The second-order valence-electron chi connectivity index (χ2n) is 8.84. The van der Waals surface area contributed by atoms with E-state index in [1.54, 1.807) is 6.07 Å². The molecule has 2 fully saturated rings. The molecule has 1 aromatic heterocycles. The number of rotatable bonds is 6. The molecule has 32 heavy (non-hydrogen) atoms. The van der Waals surface area contributed by atoms with Crippen LogP contribution in [0.5, 0.6) is 0 Å². The molecule has 1 saturated heterocycles. The van der Waals surface area contributed by atoms with Gasteiger partial charge in [-0.15, -0.1) is 11.3 Å². The topological polar surface area (TPSA) is 86.4 Å². The smallest absolute Gasteiger partial charge is 0.321 e. The van der Waals surface area contributed by atoms with Gasteiger partial charge >= 0.3 is 6.03 Å². The van der Waals surface area contributed by atoms with Crippen LogP contribution in [0.25, 0.3) is 0 Å². The number of amides is 3. The number of aromatic nitrogens is 1. The van der Waals surface area contributed by atoms with E-state index in [4.69, 9.17) is 0 Å². The number of carbonyl (C=O) groups is 2. The predicted molar refractivity (Wildman–Crippen MR) is 123 cm³/mol. The van der Waals surface area contributed by atoms with Gasteiger partial charge in [-0.3, -0.25) is 15.0 Å². The third-order valence-electron chi connectivity index (χ3n) is 6.14. The number of thiazole rings is 1. The number of urea groups is 1. The minimum Gasteiger partial charge on any atom is -0.351 e. The summed E-state index contributed by atoms with van der Waals surface area (Å²) in [7, 11) is 0. The largest absolute Gasteiger partial charge is 0.351 e. The van der Waals surface area contributed by atoms with Gasteiger partial charge < -0.3 is 10.6 Å². The molecule has 3 amide bonds. The van der Waals surface area contributed by atoms with Gasteiger partial charge in [0, 0.05) is 30.6 Å². The number of aryl methyl sites for hydroxylation is 1. The summed E-state index contributed by atoms with van der Waals surface area (Å²) in [5, 5.41) is 11.5. The number of carbonyl (C=O) groups excluding carboxylic acids is 2. The molecule has 3 atom stereocenters. The molecule has 9 heteroatoms. The highest BCUT2D eigenvalue weighted by atomic mass is 32.1. The first kappa shape index (κ1) is 22.7. The number of benzene rings is 1. The van der Waals surface area contributed by atoms with Crippen molar-refractivity contribution in [2.75, 3.05) is 25.0 Å². The van der Waals surface area contributed by atoms with Crippen molar-refractivity contribution >= 4 is 28.4 Å². The third-order valence-corrected chi connectivity index (χ3v) is 7.02. The molecule has 4 rings (SSSR count). The van der Waals surface area contributed by atoms with Crippen LogP contribution in [0.15, 0.2) is 29.6 Å². The molecule has 0 unspecified atom stereocenters. The van der Waals surface area contributed by atoms with Gasteiger partial charge in [0.1, 0.15) is 5.82 Å². The van der Waals surface area contributed by atoms with Crippen LogP contribution in [0, 0.1) is 18.7 Å². The lowest BCUT2D eigenvalue weighted by Gasteiger charge is -2.39. The summed E-state index contributed by atoms with van der Waals surface area (Å²) >= 11 is 1.41. The van der Waals surface area contributed by atoms with E-state index in [1.807, 2.05) is 18.4 Å². The van der Waals surface area contributed by atoms with Crippen molar-refractivity contribution < 1.29 is 14.0 Å². The van der Waals surface area contributed by atoms with Crippen LogP contribution in [0.3, 0.4) is 0 Å². The lowest BCUT2D eigenvalue weighted by Crippen LogP contribution is -2.57. The van der Waals surface area contributed by atoms with Crippen LogP contribution >= 0.6 is 11.3 Å². The normalized spacial score (nSPS) is 24.1. The second-order valence-corrected chi connectivity index (χ2v) is 9.69. The fourth-order valence-electron chi connectivity index (χ4n) is 4.76. The van der Waals surface area contributed by atoms with Crippen LogP contribution in [-0.4, -0.2) is 53.5 Å². The highest BCUT2D eigenvalue weighted by Gasteiger charge is 2.32. The average Bonchev–Trinajstić information content (AvgIpc) is 3.13. The highest BCUT2D eigenvalue weighted by molar-refractivity contribution is 7.13. The molecule has 1 aromatic carbocycles. The molecule has 1 aliphatic heterocycles. The fourth-order valence-corrected chi connectivity index (χ4v) is 5.45. The standard InChI is InChI=1S/C23H30FN5O2S/c1-15-14-32-23(25-15)28-22(31)27-20-8-3-2-6-17(20)11-29-12-19(26-21(30)13-29)10-16-5-4-7-18(24)9-16/h4-5,7,9,14,17,19-20H,2-3,6,8,10-13H2,1H3,(H,26,30)(H2,25,27,28,31)/t17-,19-,20+/m0/s1. The van der Waals surface area contributed by atoms with E-state index >= 15 is 0 Å². The fraction of sp³-hybridized carbons (Fsp3) is 0.522. The summed E-state index contributed by atoms with van der Waals surface area (Å²) in [6, 6.07) is 6.32. The third kappa shape index (κ3) is 6.26. The lowest BCUT2D eigenvalue weighted by atomic mass is 9.84. The number of halogens is 1. The first-order chi connectivity index (χ1) is 15.4. The Bertz CT molecular complexity index is 952. The van der Waals surface area contributed by atoms with Crippen molar-refractivity contribution in [3.05, 3.63) is 46.7 Å². The first-order valence-corrected chi connectivity index (χ1v) is 12.1. The van der Waals surface area contributed by atoms with Crippen molar-refractivity contribution in [1.29, 1.82) is 0 Å². The van der Waals surface area contributed by atoms with Crippen molar-refractivity contribution in [1.82, 2.24) is 20.5 Å². The molecule has 0 bridgehead atoms. The summed E-state index contributed by atoms with van der Waals surface area (Å²) in [6.07, 6.45) is 4.76. The molecule has 0 radical (unpaired) electrons. The van der Waals surface area contributed by atoms with E-state index in [9.17, 15) is 14.0 Å². The molecule has 2 aliphatic rings. The highest BCUT2D eigenvalue weighted by Crippen LogP contribution is 2.26. The molecule has 172 valence electrons. The molecule has 2 heterocycles. The van der Waals surface area contributed by atoms with Crippen molar-refractivity contribution in [3.8, 4) is 0 Å². The Hall–Kier alpha value is -2.52. The number of piperazine rings is 1. The van der Waals surface area contributed by atoms with Gasteiger partial charge in [0.2, 0.25) is 5.91 Å². The maximum Gasteiger partial charge on any atom is 0.321 e. The molecule has 1 aliphatic carbocycles. The summed E-state index contributed by atoms with van der Waals surface area (Å²) in [4.78, 5) is 31.3. The zero-order valence-electron chi connectivity index (χ0n) is 18.3. The quantitative estimate of drug-likeness (QED) is 0.619. The van der Waals surface area contributed by atoms with Gasteiger partial charge in [-0.05, 0) is 49.8 Å². The lowest BCUT2D eigenvalue weighted by molar-refractivity contribution is -0.125. The van der Waals surface area contributed by atoms with Gasteiger partial charge in [0.15, 0.2) is 5.13 Å². The number of hydrogen-bond acceptors (Lipinski definition) is 5. The SMILES string of the molecule is Cc1csc(NC(=O)N[C@@H]2CCCC[C@H]2CN2CC(=O)N[C@@H](Cc3cccc(F)c3)C2)n1. The number of nitrogens with one attached hydrogen (secondary N) is 3. The monoisotopic (exact) mass is 459 g/mol. The van der Waals surface area contributed by atoms with Gasteiger partial charge in [0.05, 0.1) is 12.2 Å². The molecular formula is C23H30FN5O2S. The first-order valence-electron chi connectivity index (χ1n) is 11.2. The minimum absolute atomic E-state index is 0.00476.